The van der Waals surface area contributed by atoms with E-state index in [0.717, 1.165) is 0 Å². The normalized spacial score (nSPS) is 12.0. The summed E-state index contributed by atoms with van der Waals surface area (Å²) in [5, 5.41) is 0. The van der Waals surface area contributed by atoms with E-state index in [4.69, 9.17) is 0 Å². The minimum absolute atomic E-state index is 0.481. The third-order valence-corrected chi connectivity index (χ3v) is 7.66. The summed E-state index contributed by atoms with van der Waals surface area (Å²) in [7, 11) is 3.52. The molecular weight excluding hydrogens is 337 g/mol. The molecule has 0 amide bonds. The van der Waals surface area contributed by atoms with Gasteiger partial charge in [0.15, 0.2) is 0 Å². The first kappa shape index (κ1) is 23.1. The first-order valence-corrected chi connectivity index (χ1v) is 11.1. The third-order valence-electron chi connectivity index (χ3n) is 4.50. The molecule has 0 aliphatic carbocycles. The lowest BCUT2D eigenvalue weighted by atomic mass is 10.1. The fourth-order valence-corrected chi connectivity index (χ4v) is 6.15. The van der Waals surface area contributed by atoms with Crippen LogP contribution in [-0.4, -0.2) is 47.6 Å². The summed E-state index contributed by atoms with van der Waals surface area (Å²) in [4.78, 5) is 2.16. The Morgan fingerprint density at radius 1 is 0.769 bits per heavy atom. The Hall–Kier alpha value is -0.980. The maximum Gasteiger partial charge on any atom is 0.0452 e. The monoisotopic (exact) mass is 377 g/mol. The van der Waals surface area contributed by atoms with Crippen molar-refractivity contribution >= 4 is 13.4 Å². The highest BCUT2D eigenvalue weighted by molar-refractivity contribution is 7.42. The van der Waals surface area contributed by atoms with Gasteiger partial charge in [0.05, 0.1) is 0 Å². The van der Waals surface area contributed by atoms with Crippen molar-refractivity contribution in [1.29, 1.82) is 0 Å². The van der Waals surface area contributed by atoms with Crippen LogP contribution >= 0.6 is 7.68 Å². The smallest absolute Gasteiger partial charge is 0.0452 e. The fraction of sp³-hybridized carbons (Fsp3) is 0.682. The van der Waals surface area contributed by atoms with Crippen LogP contribution in [0.25, 0.3) is 0 Å². The molecule has 1 rings (SSSR count). The van der Waals surface area contributed by atoms with E-state index in [-0.39, 0.29) is 0 Å². The van der Waals surface area contributed by atoms with Crippen LogP contribution in [0.4, 0.5) is 5.69 Å². The minimum atomic E-state index is -0.660. The van der Waals surface area contributed by atoms with Crippen molar-refractivity contribution in [3.05, 3.63) is 29.3 Å². The molecule has 0 fully saturated rings. The lowest BCUT2D eigenvalue weighted by molar-refractivity contribution is 0.265. The fourth-order valence-electron chi connectivity index (χ4n) is 3.46. The molecule has 0 aliphatic heterocycles. The zero-order chi connectivity index (χ0) is 20.2. The highest BCUT2D eigenvalue weighted by atomic mass is 31.1. The summed E-state index contributed by atoms with van der Waals surface area (Å²) in [5.74, 6) is 0. The van der Waals surface area contributed by atoms with Gasteiger partial charge in [-0.1, -0.05) is 5.63 Å². The summed E-state index contributed by atoms with van der Waals surface area (Å²) in [6.07, 6.45) is 0. The molecule has 3 nitrogen and oxygen atoms in total. The molecule has 0 heterocycles. The molecule has 0 aliphatic rings. The molecule has 0 bridgehead atoms. The average molecular weight is 378 g/mol. The van der Waals surface area contributed by atoms with Gasteiger partial charge in [0.2, 0.25) is 0 Å². The summed E-state index contributed by atoms with van der Waals surface area (Å²) >= 11 is 0. The molecule has 0 saturated heterocycles. The summed E-state index contributed by atoms with van der Waals surface area (Å²) < 4.78 is 5.27. The van der Waals surface area contributed by atoms with E-state index in [1.54, 1.807) is 0 Å². The van der Waals surface area contributed by atoms with Gasteiger partial charge in [0, 0.05) is 57.2 Å². The second-order valence-electron chi connectivity index (χ2n) is 8.43. The lowest BCUT2D eigenvalue weighted by Crippen LogP contribution is -2.39. The minimum Gasteiger partial charge on any atom is -0.378 e. The second kappa shape index (κ2) is 9.81. The molecular formula is C22H40N3P. The Bertz CT molecular complexity index is 623. The molecule has 0 saturated carbocycles. The van der Waals surface area contributed by atoms with E-state index < -0.39 is 7.68 Å². The van der Waals surface area contributed by atoms with Crippen LogP contribution in [-0.2, 0) is 0 Å². The molecule has 26 heavy (non-hydrogen) atoms. The summed E-state index contributed by atoms with van der Waals surface area (Å²) in [6, 6.07) is 8.62. The van der Waals surface area contributed by atoms with E-state index in [9.17, 15) is 0 Å². The van der Waals surface area contributed by atoms with Crippen LogP contribution in [0.1, 0.15) is 66.5 Å². The van der Waals surface area contributed by atoms with Crippen molar-refractivity contribution in [3.8, 4) is 5.63 Å². The molecule has 0 radical (unpaired) electrons. The number of hydrogen-bond donors (Lipinski definition) is 0. The van der Waals surface area contributed by atoms with Gasteiger partial charge in [-0.25, -0.2) is 9.34 Å². The largest absolute Gasteiger partial charge is 0.378 e. The standard InChI is InChI=1S/C22H40N3P/c1-16(2)24(17(3)4)26(25(18(5)6)19(7)8)15-21-12-13-22(23(10)11)14-20(21)9/h12-14,16-19H,1-11H3. The average Bonchev–Trinajstić information content (AvgIpc) is 2.47. The van der Waals surface area contributed by atoms with Crippen LogP contribution < -0.4 is 4.90 Å². The van der Waals surface area contributed by atoms with Gasteiger partial charge >= 0.3 is 0 Å². The van der Waals surface area contributed by atoms with E-state index in [1.165, 1.54) is 16.8 Å². The molecule has 0 N–H and O–H groups in total. The van der Waals surface area contributed by atoms with Crippen LogP contribution in [0.5, 0.6) is 0 Å². The Morgan fingerprint density at radius 2 is 1.19 bits per heavy atom. The maximum atomic E-state index is 3.94. The number of nitrogens with zero attached hydrogens (tertiary/aromatic N) is 3. The molecule has 0 unspecified atom stereocenters. The van der Waals surface area contributed by atoms with Crippen molar-refractivity contribution in [1.82, 2.24) is 9.34 Å². The van der Waals surface area contributed by atoms with Gasteiger partial charge in [0.25, 0.3) is 0 Å². The van der Waals surface area contributed by atoms with Crippen molar-refractivity contribution in [2.24, 2.45) is 0 Å². The van der Waals surface area contributed by atoms with Crippen molar-refractivity contribution in [2.75, 3.05) is 19.0 Å². The number of hydrogen-bond acceptors (Lipinski definition) is 3. The first-order chi connectivity index (χ1) is 12.0. The lowest BCUT2D eigenvalue weighted by Gasteiger charge is -2.40. The Labute approximate surface area is 163 Å². The van der Waals surface area contributed by atoms with Crippen LogP contribution in [0.15, 0.2) is 18.2 Å². The van der Waals surface area contributed by atoms with Gasteiger partial charge in [-0.05, 0) is 86.1 Å². The van der Waals surface area contributed by atoms with Gasteiger partial charge in [-0.3, -0.25) is 0 Å². The van der Waals surface area contributed by atoms with Crippen LogP contribution in [0, 0.1) is 12.6 Å². The molecule has 1 aromatic rings. The van der Waals surface area contributed by atoms with Crippen molar-refractivity contribution in [2.45, 2.75) is 86.5 Å². The number of anilines is 1. The topological polar surface area (TPSA) is 9.72 Å². The van der Waals surface area contributed by atoms with Crippen LogP contribution in [0.3, 0.4) is 0 Å². The number of rotatable bonds is 5. The quantitative estimate of drug-likeness (QED) is 0.590. The summed E-state index contributed by atoms with van der Waals surface area (Å²) in [6.45, 7) is 20.6. The molecule has 148 valence electrons. The van der Waals surface area contributed by atoms with Gasteiger partial charge in [-0.15, -0.1) is 0 Å². The first-order valence-electron chi connectivity index (χ1n) is 9.88. The molecule has 4 heteroatoms. The number of benzene rings is 1. The third kappa shape index (κ3) is 5.76. The predicted octanol–water partition coefficient (Wildman–Crippen LogP) is 5.92. The molecule has 0 atom stereocenters. The van der Waals surface area contributed by atoms with Crippen molar-refractivity contribution in [3.63, 3.8) is 0 Å². The SMILES string of the molecule is Cc1cc(N(C)C)ccc1C#P(N(C(C)C)C(C)C)N(C(C)C)C(C)C. The van der Waals surface area contributed by atoms with Crippen LogP contribution in [0.2, 0.25) is 0 Å². The Kier molecular flexibility index (Phi) is 8.70. The molecule has 0 aromatic heterocycles. The highest BCUT2D eigenvalue weighted by Gasteiger charge is 2.25. The van der Waals surface area contributed by atoms with E-state index in [2.05, 4.69) is 114 Å². The zero-order valence-corrected chi connectivity index (χ0v) is 19.7. The van der Waals surface area contributed by atoms with E-state index in [1.807, 2.05) is 0 Å². The Balaban J connectivity index is 3.64. The second-order valence-corrected chi connectivity index (χ2v) is 10.2. The molecule has 0 spiro atoms. The van der Waals surface area contributed by atoms with Gasteiger partial charge in [0.1, 0.15) is 0 Å². The zero-order valence-electron chi connectivity index (χ0n) is 18.8. The maximum absolute atomic E-state index is 3.94. The molecule has 1 aromatic carbocycles. The predicted molar refractivity (Wildman–Crippen MR) is 120 cm³/mol. The summed E-state index contributed by atoms with van der Waals surface area (Å²) in [5.41, 5.74) is 7.71. The van der Waals surface area contributed by atoms with Crippen molar-refractivity contribution < 1.29 is 0 Å². The van der Waals surface area contributed by atoms with E-state index >= 15 is 0 Å². The number of aryl methyl sites for hydroxylation is 1. The highest BCUT2D eigenvalue weighted by Crippen LogP contribution is 2.39. The van der Waals surface area contributed by atoms with Gasteiger partial charge < -0.3 is 4.90 Å². The van der Waals surface area contributed by atoms with Gasteiger partial charge in [-0.2, -0.15) is 0 Å². The Morgan fingerprint density at radius 3 is 1.50 bits per heavy atom. The van der Waals surface area contributed by atoms with E-state index in [0.29, 0.717) is 24.2 Å².